The molecule has 0 bridgehead atoms. The van der Waals surface area contributed by atoms with Gasteiger partial charge in [0.25, 0.3) is 0 Å². The molecule has 5 nitrogen and oxygen atoms in total. The van der Waals surface area contributed by atoms with Crippen LogP contribution < -0.4 is 5.32 Å². The smallest absolute Gasteiger partial charge is 0.317 e. The predicted molar refractivity (Wildman–Crippen MR) is 77.4 cm³/mol. The summed E-state index contributed by atoms with van der Waals surface area (Å²) in [5, 5.41) is 11.5. The molecule has 0 aliphatic rings. The van der Waals surface area contributed by atoms with Crippen molar-refractivity contribution in [3.05, 3.63) is 35.1 Å². The van der Waals surface area contributed by atoms with Crippen molar-refractivity contribution in [3.63, 3.8) is 0 Å². The lowest BCUT2D eigenvalue weighted by Gasteiger charge is -2.18. The highest BCUT2D eigenvalue weighted by atomic mass is 19.1. The molecular weight excluding hydrogens is 275 g/mol. The predicted octanol–water partition coefficient (Wildman–Crippen LogP) is 1.55. The second kappa shape index (κ2) is 8.36. The van der Waals surface area contributed by atoms with Gasteiger partial charge in [-0.05, 0) is 37.1 Å². The Balaban J connectivity index is 2.48. The number of carbonyl (C=O) groups excluding carboxylic acids is 1. The van der Waals surface area contributed by atoms with E-state index < -0.39 is 5.97 Å². The minimum absolute atomic E-state index is 0.0420. The molecule has 0 heterocycles. The Morgan fingerprint density at radius 2 is 2.05 bits per heavy atom. The van der Waals surface area contributed by atoms with E-state index in [-0.39, 0.29) is 24.8 Å². The van der Waals surface area contributed by atoms with E-state index >= 15 is 0 Å². The molecule has 2 N–H and O–H groups in total. The van der Waals surface area contributed by atoms with Crippen LogP contribution in [0.15, 0.2) is 18.2 Å². The Bertz CT molecular complexity index is 506. The van der Waals surface area contributed by atoms with Crippen molar-refractivity contribution in [2.24, 2.45) is 0 Å². The van der Waals surface area contributed by atoms with Gasteiger partial charge in [0, 0.05) is 6.54 Å². The Kier molecular flexibility index (Phi) is 6.81. The SMILES string of the molecule is CCCN(CC(=O)O)CC(=O)NCc1ccc(F)c(C)c1. The number of hydrogen-bond donors (Lipinski definition) is 2. The maximum Gasteiger partial charge on any atom is 0.317 e. The third-order valence-electron chi connectivity index (χ3n) is 2.98. The van der Waals surface area contributed by atoms with Crippen LogP contribution in [0.5, 0.6) is 0 Å². The zero-order valence-electron chi connectivity index (χ0n) is 12.4. The quantitative estimate of drug-likeness (QED) is 0.763. The summed E-state index contributed by atoms with van der Waals surface area (Å²) in [7, 11) is 0. The van der Waals surface area contributed by atoms with Crippen LogP contribution in [0, 0.1) is 12.7 Å². The summed E-state index contributed by atoms with van der Waals surface area (Å²) < 4.78 is 13.1. The molecule has 6 heteroatoms. The Labute approximate surface area is 123 Å². The number of carbonyl (C=O) groups is 2. The standard InChI is InChI=1S/C15H21FN2O3/c1-3-6-18(10-15(20)21)9-14(19)17-8-12-4-5-13(16)11(2)7-12/h4-5,7H,3,6,8-10H2,1-2H3,(H,17,19)(H,20,21). The van der Waals surface area contributed by atoms with E-state index in [4.69, 9.17) is 5.11 Å². The molecule has 0 radical (unpaired) electrons. The van der Waals surface area contributed by atoms with Crippen LogP contribution >= 0.6 is 0 Å². The lowest BCUT2D eigenvalue weighted by atomic mass is 10.1. The number of halogens is 1. The van der Waals surface area contributed by atoms with E-state index in [1.165, 1.54) is 6.07 Å². The van der Waals surface area contributed by atoms with Gasteiger partial charge in [0.15, 0.2) is 0 Å². The number of carboxylic acid groups (broad SMARTS) is 1. The van der Waals surface area contributed by atoms with E-state index in [0.29, 0.717) is 18.7 Å². The zero-order valence-corrected chi connectivity index (χ0v) is 12.4. The van der Waals surface area contributed by atoms with Crippen molar-refractivity contribution in [2.45, 2.75) is 26.8 Å². The van der Waals surface area contributed by atoms with Crippen LogP contribution in [0.2, 0.25) is 0 Å². The van der Waals surface area contributed by atoms with Gasteiger partial charge in [0.2, 0.25) is 5.91 Å². The number of carboxylic acids is 1. The van der Waals surface area contributed by atoms with Crippen LogP contribution in [0.3, 0.4) is 0 Å². The number of aliphatic carboxylic acids is 1. The maximum atomic E-state index is 13.1. The fourth-order valence-electron chi connectivity index (χ4n) is 2.00. The number of amides is 1. The maximum absolute atomic E-state index is 13.1. The second-order valence-corrected chi connectivity index (χ2v) is 4.96. The first-order valence-corrected chi connectivity index (χ1v) is 6.88. The summed E-state index contributed by atoms with van der Waals surface area (Å²) in [5.74, 6) is -1.47. The molecule has 1 amide bonds. The molecule has 0 atom stereocenters. The number of nitrogens with zero attached hydrogens (tertiary/aromatic N) is 1. The van der Waals surface area contributed by atoms with Crippen molar-refractivity contribution < 1.29 is 19.1 Å². The average molecular weight is 296 g/mol. The van der Waals surface area contributed by atoms with Crippen LogP contribution in [0.25, 0.3) is 0 Å². The molecule has 1 aromatic rings. The van der Waals surface area contributed by atoms with Crippen molar-refractivity contribution in [1.82, 2.24) is 10.2 Å². The Morgan fingerprint density at radius 1 is 1.33 bits per heavy atom. The van der Waals surface area contributed by atoms with Gasteiger partial charge in [0.1, 0.15) is 5.82 Å². The highest BCUT2D eigenvalue weighted by Crippen LogP contribution is 2.08. The van der Waals surface area contributed by atoms with E-state index in [0.717, 1.165) is 12.0 Å². The van der Waals surface area contributed by atoms with E-state index in [2.05, 4.69) is 5.32 Å². The van der Waals surface area contributed by atoms with Crippen LogP contribution in [-0.4, -0.2) is 41.5 Å². The monoisotopic (exact) mass is 296 g/mol. The van der Waals surface area contributed by atoms with Crippen molar-refractivity contribution >= 4 is 11.9 Å². The lowest BCUT2D eigenvalue weighted by molar-refractivity contribution is -0.138. The largest absolute Gasteiger partial charge is 0.480 e. The van der Waals surface area contributed by atoms with E-state index in [1.807, 2.05) is 6.92 Å². The molecule has 0 spiro atoms. The number of benzene rings is 1. The molecular formula is C15H21FN2O3. The molecule has 1 rings (SSSR count). The average Bonchev–Trinajstić information content (AvgIpc) is 2.39. The molecule has 0 aromatic heterocycles. The molecule has 116 valence electrons. The third-order valence-corrected chi connectivity index (χ3v) is 2.98. The van der Waals surface area contributed by atoms with Crippen molar-refractivity contribution in [2.75, 3.05) is 19.6 Å². The minimum Gasteiger partial charge on any atom is -0.480 e. The normalized spacial score (nSPS) is 10.7. The summed E-state index contributed by atoms with van der Waals surface area (Å²) in [4.78, 5) is 24.1. The fraction of sp³-hybridized carbons (Fsp3) is 0.467. The first kappa shape index (κ1) is 17.1. The van der Waals surface area contributed by atoms with Gasteiger partial charge in [-0.1, -0.05) is 19.1 Å². The molecule has 0 aliphatic heterocycles. The first-order chi connectivity index (χ1) is 9.92. The zero-order chi connectivity index (χ0) is 15.8. The minimum atomic E-state index is -0.953. The van der Waals surface area contributed by atoms with Gasteiger partial charge in [0.05, 0.1) is 13.1 Å². The Morgan fingerprint density at radius 3 is 2.62 bits per heavy atom. The molecule has 21 heavy (non-hydrogen) atoms. The third kappa shape index (κ3) is 6.35. The fourth-order valence-corrected chi connectivity index (χ4v) is 2.00. The van der Waals surface area contributed by atoms with Gasteiger partial charge < -0.3 is 10.4 Å². The molecule has 0 fully saturated rings. The topological polar surface area (TPSA) is 69.6 Å². The number of rotatable bonds is 8. The van der Waals surface area contributed by atoms with Gasteiger partial charge in [-0.15, -0.1) is 0 Å². The van der Waals surface area contributed by atoms with Gasteiger partial charge in [-0.2, -0.15) is 0 Å². The van der Waals surface area contributed by atoms with Crippen molar-refractivity contribution in [1.29, 1.82) is 0 Å². The van der Waals surface area contributed by atoms with Gasteiger partial charge in [-0.25, -0.2) is 4.39 Å². The van der Waals surface area contributed by atoms with Crippen LogP contribution in [0.1, 0.15) is 24.5 Å². The van der Waals surface area contributed by atoms with E-state index in [1.54, 1.807) is 24.0 Å². The summed E-state index contributed by atoms with van der Waals surface area (Å²) >= 11 is 0. The van der Waals surface area contributed by atoms with Gasteiger partial charge >= 0.3 is 5.97 Å². The molecule has 0 aliphatic carbocycles. The first-order valence-electron chi connectivity index (χ1n) is 6.88. The van der Waals surface area contributed by atoms with Crippen LogP contribution in [-0.2, 0) is 16.1 Å². The summed E-state index contributed by atoms with van der Waals surface area (Å²) in [6.45, 7) is 4.32. The lowest BCUT2D eigenvalue weighted by Crippen LogP contribution is -2.40. The highest BCUT2D eigenvalue weighted by molar-refractivity contribution is 5.79. The van der Waals surface area contributed by atoms with Gasteiger partial charge in [-0.3, -0.25) is 14.5 Å². The number of hydrogen-bond acceptors (Lipinski definition) is 3. The summed E-state index contributed by atoms with van der Waals surface area (Å²) in [5.41, 5.74) is 1.34. The molecule has 0 unspecified atom stereocenters. The summed E-state index contributed by atoms with van der Waals surface area (Å²) in [6.07, 6.45) is 0.776. The number of aryl methyl sites for hydroxylation is 1. The highest BCUT2D eigenvalue weighted by Gasteiger charge is 2.13. The molecule has 0 saturated carbocycles. The second-order valence-electron chi connectivity index (χ2n) is 4.96. The van der Waals surface area contributed by atoms with Crippen molar-refractivity contribution in [3.8, 4) is 0 Å². The van der Waals surface area contributed by atoms with Crippen LogP contribution in [0.4, 0.5) is 4.39 Å². The number of nitrogens with one attached hydrogen (secondary N) is 1. The summed E-state index contributed by atoms with van der Waals surface area (Å²) in [6, 6.07) is 4.66. The molecule has 1 aromatic carbocycles. The Hall–Kier alpha value is -1.95. The van der Waals surface area contributed by atoms with E-state index in [9.17, 15) is 14.0 Å². The molecule has 0 saturated heterocycles.